The molecule has 29 heavy (non-hydrogen) atoms. The quantitative estimate of drug-likeness (QED) is 0.562. The first kappa shape index (κ1) is 19.5. The van der Waals surface area contributed by atoms with E-state index in [0.717, 1.165) is 39.1 Å². The molecule has 0 bridgehead atoms. The maximum Gasteiger partial charge on any atom is 0.227 e. The van der Waals surface area contributed by atoms with Crippen LogP contribution in [0, 0.1) is 12.7 Å². The van der Waals surface area contributed by atoms with E-state index in [0.29, 0.717) is 30.8 Å². The van der Waals surface area contributed by atoms with Crippen molar-refractivity contribution >= 4 is 39.2 Å². The molecule has 0 saturated carbocycles. The number of aromatic nitrogens is 2. The first-order valence-corrected chi connectivity index (χ1v) is 10.2. The molecule has 5 nitrogen and oxygen atoms in total. The Morgan fingerprint density at radius 3 is 2.86 bits per heavy atom. The standard InChI is InChI=1S/C22H20BrFN4O/c1-13-12-25-22(26-17-6-8-20-15(10-17)4-9-21(29)27-20)28-19(13)7-3-14-2-5-16(23)11-18(14)24/h2,5-6,8,10-12H,3-4,7,9H2,1H3,(H,27,29)(H,25,26,28). The molecule has 1 aliphatic heterocycles. The Hall–Kier alpha value is -2.80. The highest BCUT2D eigenvalue weighted by Crippen LogP contribution is 2.27. The van der Waals surface area contributed by atoms with Gasteiger partial charge in [-0.2, -0.15) is 0 Å². The highest BCUT2D eigenvalue weighted by atomic mass is 79.9. The van der Waals surface area contributed by atoms with Gasteiger partial charge in [-0.15, -0.1) is 0 Å². The van der Waals surface area contributed by atoms with Crippen LogP contribution in [-0.2, 0) is 24.1 Å². The van der Waals surface area contributed by atoms with Crippen molar-refractivity contribution in [3.8, 4) is 0 Å². The summed E-state index contributed by atoms with van der Waals surface area (Å²) in [5.41, 5.74) is 5.34. The average molecular weight is 455 g/mol. The molecule has 2 aromatic carbocycles. The SMILES string of the molecule is Cc1cnc(Nc2ccc3c(c2)CCC(=O)N3)nc1CCc1ccc(Br)cc1F. The number of aryl methyl sites for hydroxylation is 4. The summed E-state index contributed by atoms with van der Waals surface area (Å²) in [5, 5.41) is 6.11. The maximum atomic E-state index is 14.1. The molecule has 3 aromatic rings. The molecular formula is C22H20BrFN4O. The Balaban J connectivity index is 1.49. The van der Waals surface area contributed by atoms with Crippen LogP contribution in [0.2, 0.25) is 0 Å². The number of nitrogens with zero attached hydrogens (tertiary/aromatic N) is 2. The second-order valence-corrected chi connectivity index (χ2v) is 8.02. The summed E-state index contributed by atoms with van der Waals surface area (Å²) < 4.78 is 14.8. The molecule has 7 heteroatoms. The monoisotopic (exact) mass is 454 g/mol. The minimum absolute atomic E-state index is 0.0481. The van der Waals surface area contributed by atoms with Gasteiger partial charge in [-0.1, -0.05) is 22.0 Å². The van der Waals surface area contributed by atoms with Gasteiger partial charge < -0.3 is 10.6 Å². The van der Waals surface area contributed by atoms with Crippen LogP contribution in [0.25, 0.3) is 0 Å². The van der Waals surface area contributed by atoms with E-state index in [1.165, 1.54) is 6.07 Å². The third-order valence-corrected chi connectivity index (χ3v) is 5.47. The number of benzene rings is 2. The summed E-state index contributed by atoms with van der Waals surface area (Å²) in [6.07, 6.45) is 4.18. The summed E-state index contributed by atoms with van der Waals surface area (Å²) in [5.74, 6) is 0.333. The number of hydrogen-bond donors (Lipinski definition) is 2. The first-order chi connectivity index (χ1) is 14.0. The fourth-order valence-corrected chi connectivity index (χ4v) is 3.69. The van der Waals surface area contributed by atoms with E-state index in [9.17, 15) is 9.18 Å². The number of amides is 1. The normalized spacial score (nSPS) is 13.0. The lowest BCUT2D eigenvalue weighted by atomic mass is 10.0. The van der Waals surface area contributed by atoms with Gasteiger partial charge in [0.15, 0.2) is 0 Å². The number of rotatable bonds is 5. The van der Waals surface area contributed by atoms with Crippen LogP contribution in [0.3, 0.4) is 0 Å². The van der Waals surface area contributed by atoms with Gasteiger partial charge in [0.25, 0.3) is 0 Å². The van der Waals surface area contributed by atoms with Crippen molar-refractivity contribution in [2.24, 2.45) is 0 Å². The molecule has 2 N–H and O–H groups in total. The van der Waals surface area contributed by atoms with Crippen molar-refractivity contribution in [1.82, 2.24) is 9.97 Å². The minimum atomic E-state index is -0.217. The second kappa shape index (κ2) is 8.29. The van der Waals surface area contributed by atoms with Crippen LogP contribution >= 0.6 is 15.9 Å². The van der Waals surface area contributed by atoms with Crippen molar-refractivity contribution in [3.05, 3.63) is 75.3 Å². The molecule has 0 spiro atoms. The van der Waals surface area contributed by atoms with Crippen molar-refractivity contribution in [2.45, 2.75) is 32.6 Å². The predicted octanol–water partition coefficient (Wildman–Crippen LogP) is 5.10. The fraction of sp³-hybridized carbons (Fsp3) is 0.227. The summed E-state index contributed by atoms with van der Waals surface area (Å²) in [6.45, 7) is 1.96. The minimum Gasteiger partial charge on any atom is -0.326 e. The molecule has 4 rings (SSSR count). The molecule has 0 atom stereocenters. The summed E-state index contributed by atoms with van der Waals surface area (Å²) in [4.78, 5) is 20.5. The number of anilines is 3. The van der Waals surface area contributed by atoms with Crippen molar-refractivity contribution < 1.29 is 9.18 Å². The van der Waals surface area contributed by atoms with Crippen LogP contribution in [0.1, 0.15) is 28.8 Å². The van der Waals surface area contributed by atoms with Gasteiger partial charge in [0.1, 0.15) is 5.82 Å². The van der Waals surface area contributed by atoms with Gasteiger partial charge in [0.05, 0.1) is 0 Å². The van der Waals surface area contributed by atoms with Gasteiger partial charge in [0.2, 0.25) is 11.9 Å². The largest absolute Gasteiger partial charge is 0.326 e. The Bertz CT molecular complexity index is 1090. The van der Waals surface area contributed by atoms with E-state index in [2.05, 4.69) is 36.5 Å². The van der Waals surface area contributed by atoms with E-state index in [-0.39, 0.29) is 11.7 Å². The molecule has 2 heterocycles. The van der Waals surface area contributed by atoms with Crippen LogP contribution in [0.5, 0.6) is 0 Å². The number of carbonyl (C=O) groups is 1. The topological polar surface area (TPSA) is 66.9 Å². The van der Waals surface area contributed by atoms with Crippen LogP contribution in [0.4, 0.5) is 21.7 Å². The number of carbonyl (C=O) groups excluding carboxylic acids is 1. The molecule has 0 unspecified atom stereocenters. The van der Waals surface area contributed by atoms with E-state index >= 15 is 0 Å². The van der Waals surface area contributed by atoms with Crippen molar-refractivity contribution in [3.63, 3.8) is 0 Å². The predicted molar refractivity (Wildman–Crippen MR) is 115 cm³/mol. The number of fused-ring (bicyclic) bond motifs is 1. The number of hydrogen-bond acceptors (Lipinski definition) is 4. The van der Waals surface area contributed by atoms with E-state index in [1.54, 1.807) is 12.3 Å². The zero-order valence-electron chi connectivity index (χ0n) is 15.9. The summed E-state index contributed by atoms with van der Waals surface area (Å²) in [6, 6.07) is 10.9. The van der Waals surface area contributed by atoms with Crippen molar-refractivity contribution in [1.29, 1.82) is 0 Å². The lowest BCUT2D eigenvalue weighted by Gasteiger charge is -2.18. The second-order valence-electron chi connectivity index (χ2n) is 7.10. The molecule has 0 aliphatic carbocycles. The van der Waals surface area contributed by atoms with E-state index < -0.39 is 0 Å². The molecule has 0 fully saturated rings. The van der Waals surface area contributed by atoms with Gasteiger partial charge in [-0.05, 0) is 73.2 Å². The summed E-state index contributed by atoms with van der Waals surface area (Å²) >= 11 is 3.28. The Morgan fingerprint density at radius 2 is 2.03 bits per heavy atom. The van der Waals surface area contributed by atoms with E-state index in [4.69, 9.17) is 0 Å². The average Bonchev–Trinajstić information content (AvgIpc) is 2.69. The Kier molecular flexibility index (Phi) is 5.58. The third-order valence-electron chi connectivity index (χ3n) is 4.98. The Morgan fingerprint density at radius 1 is 1.17 bits per heavy atom. The number of nitrogens with one attached hydrogen (secondary N) is 2. The highest BCUT2D eigenvalue weighted by Gasteiger charge is 2.15. The molecule has 1 aliphatic rings. The summed E-state index contributed by atoms with van der Waals surface area (Å²) in [7, 11) is 0. The molecule has 0 saturated heterocycles. The fourth-order valence-electron chi connectivity index (χ4n) is 3.36. The van der Waals surface area contributed by atoms with Crippen LogP contribution in [0.15, 0.2) is 47.1 Å². The maximum absolute atomic E-state index is 14.1. The molecule has 1 aromatic heterocycles. The molecule has 0 radical (unpaired) electrons. The molecule has 148 valence electrons. The van der Waals surface area contributed by atoms with Crippen LogP contribution in [-0.4, -0.2) is 15.9 Å². The lowest BCUT2D eigenvalue weighted by Crippen LogP contribution is -2.18. The first-order valence-electron chi connectivity index (χ1n) is 9.44. The zero-order chi connectivity index (χ0) is 20.4. The smallest absolute Gasteiger partial charge is 0.227 e. The Labute approximate surface area is 176 Å². The number of halogens is 2. The molecule has 1 amide bonds. The van der Waals surface area contributed by atoms with Gasteiger partial charge in [-0.25, -0.2) is 14.4 Å². The lowest BCUT2D eigenvalue weighted by molar-refractivity contribution is -0.116. The molecular weight excluding hydrogens is 435 g/mol. The van der Waals surface area contributed by atoms with Crippen molar-refractivity contribution in [2.75, 3.05) is 10.6 Å². The van der Waals surface area contributed by atoms with Gasteiger partial charge in [0, 0.05) is 34.2 Å². The van der Waals surface area contributed by atoms with Crippen LogP contribution < -0.4 is 10.6 Å². The zero-order valence-corrected chi connectivity index (χ0v) is 17.5. The van der Waals surface area contributed by atoms with Gasteiger partial charge in [-0.3, -0.25) is 4.79 Å². The highest BCUT2D eigenvalue weighted by molar-refractivity contribution is 9.10. The third kappa shape index (κ3) is 4.62. The van der Waals surface area contributed by atoms with E-state index in [1.807, 2.05) is 31.2 Å². The van der Waals surface area contributed by atoms with Gasteiger partial charge >= 0.3 is 0 Å².